The third kappa shape index (κ3) is 2.18. The van der Waals surface area contributed by atoms with Crippen LogP contribution in [0.2, 0.25) is 0 Å². The molecule has 0 radical (unpaired) electrons. The van der Waals surface area contributed by atoms with Gasteiger partial charge in [-0.2, -0.15) is 0 Å². The van der Waals surface area contributed by atoms with Crippen LogP contribution in [0.5, 0.6) is 0 Å². The number of rotatable bonds is 1. The van der Waals surface area contributed by atoms with Crippen molar-refractivity contribution < 1.29 is 4.79 Å². The lowest BCUT2D eigenvalue weighted by Crippen LogP contribution is -2.27. The molecule has 0 aromatic heterocycles. The number of isocyanates is 1. The number of carbonyl (C=O) groups excluding carboxylic acids is 1. The summed E-state index contributed by atoms with van der Waals surface area (Å²) >= 11 is 0. The molecule has 0 aromatic carbocycles. The molecule has 3 nitrogen and oxygen atoms in total. The van der Waals surface area contributed by atoms with E-state index in [9.17, 15) is 4.79 Å². The Balaban J connectivity index is 2.32. The third-order valence-electron chi connectivity index (χ3n) is 1.73. The quantitative estimate of drug-likeness (QED) is 0.317. The fourth-order valence-corrected chi connectivity index (χ4v) is 1.39. The molecule has 1 fully saturated rings. The lowest BCUT2D eigenvalue weighted by Gasteiger charge is -2.24. The number of hydrogen-bond donors (Lipinski definition) is 0. The van der Waals surface area contributed by atoms with Crippen LogP contribution in [-0.4, -0.2) is 29.9 Å². The number of aliphatic imine (C=N–C) groups is 1. The predicted molar refractivity (Wildman–Crippen MR) is 42.4 cm³/mol. The second kappa shape index (κ2) is 3.82. The fraction of sp³-hybridized carbons (Fsp3) is 0.833. The Kier molecular flexibility index (Phi) is 3.01. The lowest BCUT2D eigenvalue weighted by molar-refractivity contribution is 0.345. The molecule has 0 amide bonds. The summed E-state index contributed by atoms with van der Waals surface area (Å²) in [6, 6.07) is 0.231. The Hall–Kier alpha value is -0.230. The van der Waals surface area contributed by atoms with Crippen molar-refractivity contribution in [1.29, 1.82) is 0 Å². The summed E-state index contributed by atoms with van der Waals surface area (Å²) in [5.41, 5.74) is 0. The van der Waals surface area contributed by atoms with E-state index in [1.54, 1.807) is 6.08 Å². The zero-order valence-corrected chi connectivity index (χ0v) is 6.94. The molecule has 0 saturated carbocycles. The molecule has 0 bridgehead atoms. The van der Waals surface area contributed by atoms with Gasteiger partial charge in [0, 0.05) is 13.1 Å². The summed E-state index contributed by atoms with van der Waals surface area (Å²) in [5, 5.41) is 0. The molecular formula is C6H11N2OP. The van der Waals surface area contributed by atoms with Gasteiger partial charge in [0.25, 0.3) is 0 Å². The van der Waals surface area contributed by atoms with Crippen LogP contribution in [0.3, 0.4) is 0 Å². The van der Waals surface area contributed by atoms with Gasteiger partial charge in [0.1, 0.15) is 0 Å². The van der Waals surface area contributed by atoms with E-state index in [1.807, 2.05) is 0 Å². The van der Waals surface area contributed by atoms with Crippen molar-refractivity contribution in [2.45, 2.75) is 18.9 Å². The minimum Gasteiger partial charge on any atom is -0.287 e. The number of piperidine rings is 1. The Bertz CT molecular complexity index is 148. The predicted octanol–water partition coefficient (Wildman–Crippen LogP) is 0.577. The van der Waals surface area contributed by atoms with Gasteiger partial charge < -0.3 is 0 Å². The molecule has 1 saturated heterocycles. The number of hydrogen-bond acceptors (Lipinski definition) is 3. The molecular weight excluding hydrogens is 147 g/mol. The molecule has 1 aliphatic rings. The van der Waals surface area contributed by atoms with Crippen LogP contribution in [0.15, 0.2) is 4.99 Å². The van der Waals surface area contributed by atoms with E-state index in [1.165, 1.54) is 0 Å². The average Bonchev–Trinajstić information content (AvgIpc) is 1.95. The first kappa shape index (κ1) is 7.87. The zero-order valence-electron chi connectivity index (χ0n) is 5.79. The van der Waals surface area contributed by atoms with Crippen LogP contribution < -0.4 is 0 Å². The van der Waals surface area contributed by atoms with Crippen molar-refractivity contribution in [2.75, 3.05) is 13.1 Å². The zero-order chi connectivity index (χ0) is 7.40. The van der Waals surface area contributed by atoms with Crippen molar-refractivity contribution in [3.05, 3.63) is 0 Å². The van der Waals surface area contributed by atoms with Crippen LogP contribution in [0.25, 0.3) is 0 Å². The SMILES string of the molecule is O=C=NC1CCN(P)CC1. The summed E-state index contributed by atoms with van der Waals surface area (Å²) in [6.07, 6.45) is 3.57. The van der Waals surface area contributed by atoms with Crippen molar-refractivity contribution in [3.63, 3.8) is 0 Å². The van der Waals surface area contributed by atoms with Gasteiger partial charge in [0.15, 0.2) is 0 Å². The van der Waals surface area contributed by atoms with Crippen molar-refractivity contribution >= 4 is 15.5 Å². The Morgan fingerprint density at radius 1 is 1.50 bits per heavy atom. The summed E-state index contributed by atoms with van der Waals surface area (Å²) < 4.78 is 2.16. The van der Waals surface area contributed by atoms with Gasteiger partial charge in [0.05, 0.1) is 6.04 Å². The van der Waals surface area contributed by atoms with E-state index < -0.39 is 0 Å². The third-order valence-corrected chi connectivity index (χ3v) is 2.25. The van der Waals surface area contributed by atoms with Crippen LogP contribution in [-0.2, 0) is 4.79 Å². The van der Waals surface area contributed by atoms with Gasteiger partial charge in [-0.25, -0.2) is 9.79 Å². The average molecular weight is 158 g/mol. The van der Waals surface area contributed by atoms with Gasteiger partial charge in [-0.1, -0.05) is 9.39 Å². The highest BCUT2D eigenvalue weighted by atomic mass is 31.0. The molecule has 1 rings (SSSR count). The largest absolute Gasteiger partial charge is 0.287 e. The van der Waals surface area contributed by atoms with Crippen LogP contribution in [0.1, 0.15) is 12.8 Å². The molecule has 0 N–H and O–H groups in total. The van der Waals surface area contributed by atoms with E-state index in [4.69, 9.17) is 0 Å². The van der Waals surface area contributed by atoms with Gasteiger partial charge >= 0.3 is 0 Å². The highest BCUT2D eigenvalue weighted by Crippen LogP contribution is 2.15. The maximum Gasteiger partial charge on any atom is 0.235 e. The Morgan fingerprint density at radius 2 is 2.10 bits per heavy atom. The van der Waals surface area contributed by atoms with E-state index >= 15 is 0 Å². The molecule has 1 heterocycles. The summed E-state index contributed by atoms with van der Waals surface area (Å²) in [4.78, 5) is 13.5. The van der Waals surface area contributed by atoms with Gasteiger partial charge in [-0.3, -0.25) is 4.67 Å². The lowest BCUT2D eigenvalue weighted by atomic mass is 10.1. The molecule has 4 heteroatoms. The normalized spacial score (nSPS) is 22.1. The first-order valence-corrected chi connectivity index (χ1v) is 3.91. The highest BCUT2D eigenvalue weighted by Gasteiger charge is 2.14. The van der Waals surface area contributed by atoms with Crippen LogP contribution in [0, 0.1) is 0 Å². The molecule has 0 aliphatic carbocycles. The van der Waals surface area contributed by atoms with Gasteiger partial charge in [0.2, 0.25) is 6.08 Å². The van der Waals surface area contributed by atoms with Crippen molar-refractivity contribution in [3.8, 4) is 0 Å². The summed E-state index contributed by atoms with van der Waals surface area (Å²) in [7, 11) is 2.65. The maximum absolute atomic E-state index is 9.84. The van der Waals surface area contributed by atoms with Gasteiger partial charge in [-0.05, 0) is 12.8 Å². The smallest absolute Gasteiger partial charge is 0.235 e. The monoisotopic (exact) mass is 158 g/mol. The summed E-state index contributed by atoms with van der Waals surface area (Å²) in [6.45, 7) is 2.03. The first-order valence-electron chi connectivity index (χ1n) is 3.39. The fourth-order valence-electron chi connectivity index (χ4n) is 1.09. The van der Waals surface area contributed by atoms with Gasteiger partial charge in [-0.15, -0.1) is 0 Å². The molecule has 56 valence electrons. The maximum atomic E-state index is 9.84. The topological polar surface area (TPSA) is 32.7 Å². The summed E-state index contributed by atoms with van der Waals surface area (Å²) in [5.74, 6) is 0. The molecule has 1 atom stereocenters. The molecule has 1 aliphatic heterocycles. The Labute approximate surface area is 62.8 Å². The molecule has 0 spiro atoms. The minimum atomic E-state index is 0.231. The van der Waals surface area contributed by atoms with E-state index in [2.05, 4.69) is 19.1 Å². The molecule has 10 heavy (non-hydrogen) atoms. The Morgan fingerprint density at radius 3 is 2.60 bits per heavy atom. The first-order chi connectivity index (χ1) is 4.83. The van der Waals surface area contributed by atoms with E-state index in [0.717, 1.165) is 25.9 Å². The highest BCUT2D eigenvalue weighted by molar-refractivity contribution is 7.13. The molecule has 0 aromatic rings. The van der Waals surface area contributed by atoms with E-state index in [0.29, 0.717) is 0 Å². The van der Waals surface area contributed by atoms with Crippen LogP contribution in [0.4, 0.5) is 0 Å². The number of nitrogens with zero attached hydrogens (tertiary/aromatic N) is 2. The second-order valence-electron chi connectivity index (χ2n) is 2.49. The van der Waals surface area contributed by atoms with Crippen molar-refractivity contribution in [2.24, 2.45) is 4.99 Å². The van der Waals surface area contributed by atoms with E-state index in [-0.39, 0.29) is 6.04 Å². The van der Waals surface area contributed by atoms with Crippen LogP contribution >= 0.6 is 9.39 Å². The second-order valence-corrected chi connectivity index (χ2v) is 3.22. The molecule has 1 unspecified atom stereocenters. The standard InChI is InChI=1S/C6H11N2OP/c9-5-7-6-1-3-8(10)4-2-6/h6H,1-4,10H2. The van der Waals surface area contributed by atoms with Crippen molar-refractivity contribution in [1.82, 2.24) is 4.67 Å². The minimum absolute atomic E-state index is 0.231.